The molecule has 0 aromatic rings. The smallest absolute Gasteiger partial charge is 0.410 e. The zero-order valence-electron chi connectivity index (χ0n) is 23.4. The largest absolute Gasteiger partial charge is 0.464 e. The molecule has 0 radical (unpaired) electrons. The molecular weight excluding hydrogens is 426 g/mol. The molecule has 0 saturated heterocycles. The van der Waals surface area contributed by atoms with Gasteiger partial charge in [0.2, 0.25) is 0 Å². The van der Waals surface area contributed by atoms with Crippen molar-refractivity contribution < 1.29 is 19.1 Å². The van der Waals surface area contributed by atoms with E-state index in [0.717, 1.165) is 25.7 Å². The lowest BCUT2D eigenvalue weighted by atomic mass is 10.0. The van der Waals surface area contributed by atoms with Gasteiger partial charge in [0.1, 0.15) is 6.04 Å². The molecule has 0 spiro atoms. The molecular formula is C29H57NO4. The summed E-state index contributed by atoms with van der Waals surface area (Å²) in [6.07, 6.45) is 21.8. The summed E-state index contributed by atoms with van der Waals surface area (Å²) in [6, 6.07) is -0.602. The molecule has 0 aromatic carbocycles. The zero-order chi connectivity index (χ0) is 25.4. The van der Waals surface area contributed by atoms with Gasteiger partial charge < -0.3 is 9.47 Å². The fourth-order valence-electron chi connectivity index (χ4n) is 4.34. The average molecular weight is 484 g/mol. The molecule has 0 aliphatic carbocycles. The normalized spacial score (nSPS) is 12.1. The molecule has 0 heterocycles. The number of carbonyl (C=O) groups excluding carboxylic acids is 2. The molecule has 1 atom stereocenters. The molecule has 0 N–H and O–H groups in total. The summed E-state index contributed by atoms with van der Waals surface area (Å²) < 4.78 is 10.9. The summed E-state index contributed by atoms with van der Waals surface area (Å²) in [4.78, 5) is 26.5. The van der Waals surface area contributed by atoms with Crippen molar-refractivity contribution in [3.63, 3.8) is 0 Å². The third-order valence-electron chi connectivity index (χ3n) is 6.54. The van der Waals surface area contributed by atoms with Crippen LogP contribution in [-0.2, 0) is 14.3 Å². The second-order valence-corrected chi connectivity index (χ2v) is 10.2. The monoisotopic (exact) mass is 483 g/mol. The minimum Gasteiger partial charge on any atom is -0.464 e. The van der Waals surface area contributed by atoms with Crippen molar-refractivity contribution in [3.05, 3.63) is 0 Å². The summed E-state index contributed by atoms with van der Waals surface area (Å²) in [7, 11) is 1.64. The van der Waals surface area contributed by atoms with Crippen molar-refractivity contribution in [2.24, 2.45) is 5.92 Å². The van der Waals surface area contributed by atoms with Gasteiger partial charge in [0.15, 0.2) is 0 Å². The average Bonchev–Trinajstić information content (AvgIpc) is 2.81. The Kier molecular flexibility index (Phi) is 22.6. The first-order valence-electron chi connectivity index (χ1n) is 14.5. The van der Waals surface area contributed by atoms with E-state index >= 15 is 0 Å². The van der Waals surface area contributed by atoms with Gasteiger partial charge in [-0.1, -0.05) is 130 Å². The van der Waals surface area contributed by atoms with Crippen molar-refractivity contribution in [1.29, 1.82) is 0 Å². The Bertz CT molecular complexity index is 481. The number of hydrogen-bond acceptors (Lipinski definition) is 4. The molecule has 0 rings (SSSR count). The van der Waals surface area contributed by atoms with Crippen LogP contribution >= 0.6 is 0 Å². The highest BCUT2D eigenvalue weighted by Gasteiger charge is 2.32. The molecule has 5 heteroatoms. The fourth-order valence-corrected chi connectivity index (χ4v) is 4.34. The van der Waals surface area contributed by atoms with Crippen molar-refractivity contribution in [1.82, 2.24) is 4.90 Å². The Balaban J connectivity index is 3.92. The van der Waals surface area contributed by atoms with Crippen LogP contribution in [0.2, 0.25) is 0 Å². The lowest BCUT2D eigenvalue weighted by Crippen LogP contribution is -2.46. The van der Waals surface area contributed by atoms with Gasteiger partial charge in [-0.3, -0.25) is 4.90 Å². The van der Waals surface area contributed by atoms with E-state index in [4.69, 9.17) is 9.47 Å². The Morgan fingerprint density at radius 2 is 0.941 bits per heavy atom. The Morgan fingerprint density at radius 3 is 1.32 bits per heavy atom. The number of ether oxygens (including phenoxy) is 2. The second-order valence-electron chi connectivity index (χ2n) is 10.2. The van der Waals surface area contributed by atoms with Crippen molar-refractivity contribution in [3.8, 4) is 0 Å². The van der Waals surface area contributed by atoms with Crippen molar-refractivity contribution in [2.75, 3.05) is 20.3 Å². The maximum atomic E-state index is 12.6. The minimum atomic E-state index is -0.602. The fraction of sp³-hybridized carbons (Fsp3) is 0.931. The van der Waals surface area contributed by atoms with Gasteiger partial charge in [-0.15, -0.1) is 0 Å². The number of esters is 1. The van der Waals surface area contributed by atoms with Gasteiger partial charge in [0.25, 0.3) is 0 Å². The molecule has 0 bridgehead atoms. The molecule has 0 aliphatic rings. The molecule has 0 saturated carbocycles. The number of hydrogen-bond donors (Lipinski definition) is 0. The predicted molar refractivity (Wildman–Crippen MR) is 143 cm³/mol. The number of amides is 1. The van der Waals surface area contributed by atoms with Gasteiger partial charge in [-0.2, -0.15) is 0 Å². The zero-order valence-corrected chi connectivity index (χ0v) is 23.4. The highest BCUT2D eigenvalue weighted by molar-refractivity contribution is 5.81. The highest BCUT2D eigenvalue weighted by atomic mass is 16.6. The second kappa shape index (κ2) is 23.5. The third-order valence-corrected chi connectivity index (χ3v) is 6.54. The number of nitrogens with zero attached hydrogens (tertiary/aromatic N) is 1. The van der Waals surface area contributed by atoms with E-state index in [-0.39, 0.29) is 11.9 Å². The van der Waals surface area contributed by atoms with Gasteiger partial charge in [-0.05, 0) is 18.8 Å². The first kappa shape index (κ1) is 32.7. The summed E-state index contributed by atoms with van der Waals surface area (Å²) >= 11 is 0. The molecule has 202 valence electrons. The molecule has 5 nitrogen and oxygen atoms in total. The maximum absolute atomic E-state index is 12.6. The van der Waals surface area contributed by atoms with E-state index in [1.54, 1.807) is 7.05 Å². The van der Waals surface area contributed by atoms with Crippen LogP contribution in [0.4, 0.5) is 4.79 Å². The summed E-state index contributed by atoms with van der Waals surface area (Å²) in [5, 5.41) is 0. The van der Waals surface area contributed by atoms with Crippen molar-refractivity contribution in [2.45, 2.75) is 149 Å². The highest BCUT2D eigenvalue weighted by Crippen LogP contribution is 2.15. The van der Waals surface area contributed by atoms with Gasteiger partial charge in [0, 0.05) is 7.05 Å². The van der Waals surface area contributed by atoms with E-state index in [9.17, 15) is 9.59 Å². The number of likely N-dealkylation sites (N-methyl/N-ethyl adjacent to an activating group) is 1. The number of unbranched alkanes of at least 4 members (excludes halogenated alkanes) is 16. The predicted octanol–water partition coefficient (Wildman–Crippen LogP) is 8.68. The van der Waals surface area contributed by atoms with Crippen LogP contribution in [0.1, 0.15) is 143 Å². The molecule has 34 heavy (non-hydrogen) atoms. The van der Waals surface area contributed by atoms with Gasteiger partial charge >= 0.3 is 12.1 Å². The van der Waals surface area contributed by atoms with Crippen LogP contribution in [0, 0.1) is 5.92 Å². The van der Waals surface area contributed by atoms with E-state index in [2.05, 4.69) is 13.8 Å². The minimum absolute atomic E-state index is 0.0268. The van der Waals surface area contributed by atoms with Gasteiger partial charge in [0.05, 0.1) is 13.2 Å². The van der Waals surface area contributed by atoms with E-state index in [1.807, 2.05) is 13.8 Å². The maximum Gasteiger partial charge on any atom is 0.410 e. The lowest BCUT2D eigenvalue weighted by molar-refractivity contribution is -0.150. The van der Waals surface area contributed by atoms with Crippen molar-refractivity contribution >= 4 is 12.1 Å². The first-order chi connectivity index (χ1) is 16.5. The van der Waals surface area contributed by atoms with E-state index in [0.29, 0.717) is 13.2 Å². The standard InChI is InChI=1S/C29H57NO4/c1-6-8-10-12-14-15-16-17-18-19-21-22-24-33-28(31)27(26(3)4)30(5)29(32)34-25-23-20-13-11-9-7-2/h26-27H,6-25H2,1-5H3. The van der Waals surface area contributed by atoms with Crippen LogP contribution < -0.4 is 0 Å². The van der Waals surface area contributed by atoms with Crippen LogP contribution in [0.25, 0.3) is 0 Å². The van der Waals surface area contributed by atoms with Crippen LogP contribution in [0.3, 0.4) is 0 Å². The quantitative estimate of drug-likeness (QED) is 0.108. The molecule has 0 aromatic heterocycles. The Hall–Kier alpha value is -1.26. The molecule has 0 aliphatic heterocycles. The first-order valence-corrected chi connectivity index (χ1v) is 14.5. The number of carbonyl (C=O) groups is 2. The third kappa shape index (κ3) is 18.1. The number of rotatable bonds is 23. The van der Waals surface area contributed by atoms with Crippen LogP contribution in [0.5, 0.6) is 0 Å². The Morgan fingerprint density at radius 1 is 0.588 bits per heavy atom. The topological polar surface area (TPSA) is 55.8 Å². The summed E-state index contributed by atoms with van der Waals surface area (Å²) in [5.41, 5.74) is 0. The van der Waals surface area contributed by atoms with E-state index < -0.39 is 12.1 Å². The lowest BCUT2D eigenvalue weighted by Gasteiger charge is -2.28. The van der Waals surface area contributed by atoms with Crippen LogP contribution in [-0.4, -0.2) is 43.3 Å². The molecule has 1 unspecified atom stereocenters. The summed E-state index contributed by atoms with van der Waals surface area (Å²) in [6.45, 7) is 9.18. The molecule has 0 fully saturated rings. The Labute approximate surface area is 211 Å². The summed E-state index contributed by atoms with van der Waals surface area (Å²) in [5.74, 6) is -0.349. The SMILES string of the molecule is CCCCCCCCCCCCCCOC(=O)C(C(C)C)N(C)C(=O)OCCCCCCCC. The van der Waals surface area contributed by atoms with Crippen LogP contribution in [0.15, 0.2) is 0 Å². The van der Waals surface area contributed by atoms with E-state index in [1.165, 1.54) is 94.8 Å². The van der Waals surface area contributed by atoms with Gasteiger partial charge in [-0.25, -0.2) is 9.59 Å². The molecule has 1 amide bonds.